The predicted octanol–water partition coefficient (Wildman–Crippen LogP) is 5.01. The lowest BCUT2D eigenvalue weighted by atomic mass is 9.88. The lowest BCUT2D eigenvalue weighted by molar-refractivity contribution is -0.146. The summed E-state index contributed by atoms with van der Waals surface area (Å²) in [5, 5.41) is 3.53. The summed E-state index contributed by atoms with van der Waals surface area (Å²) in [6.07, 6.45) is -0.493. The second-order valence-corrected chi connectivity index (χ2v) is 9.50. The van der Waals surface area contributed by atoms with Crippen molar-refractivity contribution in [3.05, 3.63) is 59.2 Å². The molecule has 0 bridgehead atoms. The van der Waals surface area contributed by atoms with Gasteiger partial charge in [-0.1, -0.05) is 25.1 Å². The summed E-state index contributed by atoms with van der Waals surface area (Å²) < 4.78 is 66.4. The van der Waals surface area contributed by atoms with Gasteiger partial charge in [0.25, 0.3) is 10.0 Å². The molecule has 8 heteroatoms. The SMILES string of the molecule is CCCNC1CCc2cc(NS(=O)(=O)c3ccc(C(C)C(F)(F)F)cc3)ccc2C1. The molecule has 2 unspecified atom stereocenters. The van der Waals surface area contributed by atoms with Gasteiger partial charge in [0.15, 0.2) is 0 Å². The van der Waals surface area contributed by atoms with E-state index in [-0.39, 0.29) is 10.5 Å². The van der Waals surface area contributed by atoms with Gasteiger partial charge < -0.3 is 5.32 Å². The summed E-state index contributed by atoms with van der Waals surface area (Å²) in [7, 11) is -3.88. The lowest BCUT2D eigenvalue weighted by Gasteiger charge is -2.26. The molecule has 164 valence electrons. The number of anilines is 1. The summed E-state index contributed by atoms with van der Waals surface area (Å²) in [6.45, 7) is 4.17. The number of sulfonamides is 1. The van der Waals surface area contributed by atoms with E-state index in [2.05, 4.69) is 17.0 Å². The lowest BCUT2D eigenvalue weighted by Crippen LogP contribution is -2.35. The molecular formula is C22H27F3N2O2S. The van der Waals surface area contributed by atoms with Gasteiger partial charge in [-0.05, 0) is 80.1 Å². The van der Waals surface area contributed by atoms with E-state index in [1.807, 2.05) is 12.1 Å². The summed E-state index contributed by atoms with van der Waals surface area (Å²) in [5.41, 5.74) is 2.82. The van der Waals surface area contributed by atoms with E-state index in [9.17, 15) is 21.6 Å². The standard InChI is InChI=1S/C22H27F3N2O2S/c1-3-12-26-19-8-4-18-14-20(9-5-17(18)13-19)27-30(28,29)21-10-6-16(7-11-21)15(2)22(23,24)25/h5-7,9-11,14-15,19,26-27H,3-4,8,12-13H2,1-2H3. The minimum absolute atomic E-state index is 0.0291. The molecule has 1 aliphatic rings. The van der Waals surface area contributed by atoms with Crippen molar-refractivity contribution < 1.29 is 21.6 Å². The molecule has 0 heterocycles. The molecule has 0 saturated heterocycles. The Morgan fingerprint density at radius 1 is 1.10 bits per heavy atom. The minimum atomic E-state index is -4.37. The Morgan fingerprint density at radius 3 is 2.43 bits per heavy atom. The van der Waals surface area contributed by atoms with Crippen molar-refractivity contribution in [2.24, 2.45) is 0 Å². The third-order valence-corrected chi connectivity index (χ3v) is 6.95. The fraction of sp³-hybridized carbons (Fsp3) is 0.455. The Hall–Kier alpha value is -2.06. The van der Waals surface area contributed by atoms with E-state index in [1.165, 1.54) is 29.8 Å². The van der Waals surface area contributed by atoms with Gasteiger partial charge >= 0.3 is 6.18 Å². The quantitative estimate of drug-likeness (QED) is 0.636. The number of halogens is 3. The highest BCUT2D eigenvalue weighted by molar-refractivity contribution is 7.92. The van der Waals surface area contributed by atoms with Crippen LogP contribution in [0.2, 0.25) is 0 Å². The van der Waals surface area contributed by atoms with Crippen molar-refractivity contribution in [2.75, 3.05) is 11.3 Å². The van der Waals surface area contributed by atoms with Crippen LogP contribution in [0.1, 0.15) is 49.3 Å². The second kappa shape index (κ2) is 8.98. The zero-order valence-corrected chi connectivity index (χ0v) is 17.9. The van der Waals surface area contributed by atoms with E-state index < -0.39 is 22.1 Å². The highest BCUT2D eigenvalue weighted by atomic mass is 32.2. The first-order valence-corrected chi connectivity index (χ1v) is 11.6. The monoisotopic (exact) mass is 440 g/mol. The molecule has 2 aromatic rings. The number of fused-ring (bicyclic) bond motifs is 1. The van der Waals surface area contributed by atoms with Crippen LogP contribution in [-0.2, 0) is 22.9 Å². The fourth-order valence-corrected chi connectivity index (χ4v) is 4.73. The molecule has 30 heavy (non-hydrogen) atoms. The first-order chi connectivity index (χ1) is 14.1. The molecular weight excluding hydrogens is 413 g/mol. The highest BCUT2D eigenvalue weighted by Crippen LogP contribution is 2.34. The normalized spacial score (nSPS) is 18.0. The van der Waals surface area contributed by atoms with Gasteiger partial charge in [-0.25, -0.2) is 8.42 Å². The van der Waals surface area contributed by atoms with E-state index in [1.54, 1.807) is 6.07 Å². The van der Waals surface area contributed by atoms with Crippen molar-refractivity contribution in [3.8, 4) is 0 Å². The second-order valence-electron chi connectivity index (χ2n) is 7.82. The van der Waals surface area contributed by atoms with Crippen molar-refractivity contribution in [3.63, 3.8) is 0 Å². The van der Waals surface area contributed by atoms with E-state index in [4.69, 9.17) is 0 Å². The van der Waals surface area contributed by atoms with Gasteiger partial charge in [-0.2, -0.15) is 13.2 Å². The Labute approximate surface area is 175 Å². The van der Waals surface area contributed by atoms with Crippen LogP contribution in [0.15, 0.2) is 47.4 Å². The number of hydrogen-bond acceptors (Lipinski definition) is 3. The number of nitrogens with one attached hydrogen (secondary N) is 2. The molecule has 3 rings (SSSR count). The minimum Gasteiger partial charge on any atom is -0.314 e. The highest BCUT2D eigenvalue weighted by Gasteiger charge is 2.37. The number of hydrogen-bond donors (Lipinski definition) is 2. The molecule has 0 saturated carbocycles. The van der Waals surface area contributed by atoms with Crippen molar-refractivity contribution >= 4 is 15.7 Å². The first kappa shape index (κ1) is 22.6. The summed E-state index contributed by atoms with van der Waals surface area (Å²) in [5.74, 6) is -1.65. The summed E-state index contributed by atoms with van der Waals surface area (Å²) in [6, 6.07) is 10.8. The molecule has 0 aliphatic heterocycles. The molecule has 2 atom stereocenters. The molecule has 0 aromatic heterocycles. The summed E-state index contributed by atoms with van der Waals surface area (Å²) in [4.78, 5) is -0.0674. The molecule has 4 nitrogen and oxygen atoms in total. The van der Waals surface area contributed by atoms with E-state index >= 15 is 0 Å². The average Bonchev–Trinajstić information content (AvgIpc) is 2.70. The Balaban J connectivity index is 1.72. The van der Waals surface area contributed by atoms with Gasteiger partial charge in [0, 0.05) is 11.7 Å². The topological polar surface area (TPSA) is 58.2 Å². The van der Waals surface area contributed by atoms with Crippen LogP contribution in [0.5, 0.6) is 0 Å². The van der Waals surface area contributed by atoms with Crippen LogP contribution < -0.4 is 10.0 Å². The smallest absolute Gasteiger partial charge is 0.314 e. The molecule has 1 aliphatic carbocycles. The fourth-order valence-electron chi connectivity index (χ4n) is 3.68. The van der Waals surface area contributed by atoms with E-state index in [0.717, 1.165) is 44.7 Å². The molecule has 0 fully saturated rings. The maximum atomic E-state index is 12.8. The van der Waals surface area contributed by atoms with Gasteiger partial charge in [0.2, 0.25) is 0 Å². The zero-order chi connectivity index (χ0) is 21.9. The van der Waals surface area contributed by atoms with E-state index in [0.29, 0.717) is 11.7 Å². The largest absolute Gasteiger partial charge is 0.395 e. The average molecular weight is 441 g/mol. The van der Waals surface area contributed by atoms with Crippen molar-refractivity contribution in [1.82, 2.24) is 5.32 Å². The van der Waals surface area contributed by atoms with Crippen molar-refractivity contribution in [1.29, 1.82) is 0 Å². The van der Waals surface area contributed by atoms with Crippen LogP contribution in [0.4, 0.5) is 18.9 Å². The van der Waals surface area contributed by atoms with Gasteiger partial charge in [-0.15, -0.1) is 0 Å². The molecule has 0 amide bonds. The number of alkyl halides is 3. The third-order valence-electron chi connectivity index (χ3n) is 5.55. The maximum Gasteiger partial charge on any atom is 0.395 e. The molecule has 0 radical (unpaired) electrons. The summed E-state index contributed by atoms with van der Waals surface area (Å²) >= 11 is 0. The molecule has 0 spiro atoms. The van der Waals surface area contributed by atoms with Gasteiger partial charge in [-0.3, -0.25) is 4.72 Å². The number of rotatable bonds is 7. The van der Waals surface area contributed by atoms with Crippen LogP contribution in [0, 0.1) is 0 Å². The Bertz CT molecular complexity index is 973. The van der Waals surface area contributed by atoms with Gasteiger partial charge in [0.05, 0.1) is 10.8 Å². The Morgan fingerprint density at radius 2 is 1.80 bits per heavy atom. The maximum absolute atomic E-state index is 12.8. The van der Waals surface area contributed by atoms with Crippen LogP contribution in [-0.4, -0.2) is 27.2 Å². The van der Waals surface area contributed by atoms with Crippen LogP contribution in [0.25, 0.3) is 0 Å². The van der Waals surface area contributed by atoms with Crippen molar-refractivity contribution in [2.45, 2.75) is 62.6 Å². The number of benzene rings is 2. The Kier molecular flexibility index (Phi) is 6.77. The number of aryl methyl sites for hydroxylation is 1. The third kappa shape index (κ3) is 5.35. The first-order valence-electron chi connectivity index (χ1n) is 10.1. The van der Waals surface area contributed by atoms with Gasteiger partial charge in [0.1, 0.15) is 0 Å². The van der Waals surface area contributed by atoms with Crippen LogP contribution >= 0.6 is 0 Å². The molecule has 2 aromatic carbocycles. The van der Waals surface area contributed by atoms with Crippen LogP contribution in [0.3, 0.4) is 0 Å². The zero-order valence-electron chi connectivity index (χ0n) is 17.1. The predicted molar refractivity (Wildman–Crippen MR) is 112 cm³/mol. The molecule has 2 N–H and O–H groups in total.